The molecule has 1 amide bonds. The molecule has 1 fully saturated rings. The van der Waals surface area contributed by atoms with Crippen molar-refractivity contribution in [3.8, 4) is 0 Å². The summed E-state index contributed by atoms with van der Waals surface area (Å²) in [5, 5.41) is 11.7. The van der Waals surface area contributed by atoms with Crippen molar-refractivity contribution in [3.63, 3.8) is 0 Å². The molecule has 2 N–H and O–H groups in total. The van der Waals surface area contributed by atoms with E-state index in [1.165, 1.54) is 0 Å². The van der Waals surface area contributed by atoms with Gasteiger partial charge in [0.1, 0.15) is 5.54 Å². The van der Waals surface area contributed by atoms with Gasteiger partial charge in [-0.25, -0.2) is 4.79 Å². The number of amides is 1. The van der Waals surface area contributed by atoms with Gasteiger partial charge in [-0.15, -0.1) is 6.58 Å². The fraction of sp³-hybridized carbons (Fsp3) is 0.667. The van der Waals surface area contributed by atoms with Gasteiger partial charge in [-0.05, 0) is 32.6 Å². The maximum atomic E-state index is 11.8. The van der Waals surface area contributed by atoms with Crippen LogP contribution in [0.15, 0.2) is 12.2 Å². The summed E-state index contributed by atoms with van der Waals surface area (Å²) in [6.45, 7) is 7.40. The lowest BCUT2D eigenvalue weighted by atomic mass is 9.76. The molecule has 0 aromatic heterocycles. The smallest absolute Gasteiger partial charge is 0.329 e. The summed E-state index contributed by atoms with van der Waals surface area (Å²) < 4.78 is 0. The maximum Gasteiger partial charge on any atom is 0.329 e. The van der Waals surface area contributed by atoms with Crippen LogP contribution in [0.1, 0.15) is 39.5 Å². The van der Waals surface area contributed by atoms with E-state index in [9.17, 15) is 9.59 Å². The number of carboxylic acid groups (broad SMARTS) is 1. The molecule has 0 aliphatic heterocycles. The highest BCUT2D eigenvalue weighted by Crippen LogP contribution is 2.32. The number of allylic oxidation sites excluding steroid dienone is 1. The van der Waals surface area contributed by atoms with E-state index >= 15 is 0 Å². The highest BCUT2D eigenvalue weighted by molar-refractivity contribution is 5.88. The number of carbonyl (C=O) groups is 2. The van der Waals surface area contributed by atoms with E-state index in [2.05, 4.69) is 11.9 Å². The Morgan fingerprint density at radius 3 is 2.38 bits per heavy atom. The molecule has 0 radical (unpaired) electrons. The van der Waals surface area contributed by atoms with E-state index in [1.807, 2.05) is 6.92 Å². The minimum Gasteiger partial charge on any atom is -0.480 e. The Morgan fingerprint density at radius 2 is 2.06 bits per heavy atom. The lowest BCUT2D eigenvalue weighted by Gasteiger charge is -2.38. The first-order valence-electron chi connectivity index (χ1n) is 5.57. The van der Waals surface area contributed by atoms with Crippen molar-refractivity contribution in [2.45, 2.75) is 45.1 Å². The molecular formula is C12H19NO3. The summed E-state index contributed by atoms with van der Waals surface area (Å²) in [5.74, 6) is -1.32. The standard InChI is InChI=1S/C12H19NO3/c1-8(2)7-9(3)10(14)13-12(11(15)16)5-4-6-12/h9H,1,4-7H2,2-3H3,(H,13,14)(H,15,16). The van der Waals surface area contributed by atoms with Gasteiger partial charge in [-0.1, -0.05) is 12.5 Å². The maximum absolute atomic E-state index is 11.8. The number of nitrogens with one attached hydrogen (secondary N) is 1. The second-order valence-electron chi connectivity index (χ2n) is 4.79. The van der Waals surface area contributed by atoms with E-state index in [0.717, 1.165) is 12.0 Å². The zero-order chi connectivity index (χ0) is 12.3. The number of rotatable bonds is 5. The Balaban J connectivity index is 2.56. The van der Waals surface area contributed by atoms with Crippen LogP contribution in [0.2, 0.25) is 0 Å². The van der Waals surface area contributed by atoms with Crippen LogP contribution in [0.5, 0.6) is 0 Å². The molecular weight excluding hydrogens is 206 g/mol. The number of hydrogen-bond acceptors (Lipinski definition) is 2. The van der Waals surface area contributed by atoms with Gasteiger partial charge in [0.05, 0.1) is 0 Å². The molecule has 0 aromatic rings. The Kier molecular flexibility index (Phi) is 3.73. The van der Waals surface area contributed by atoms with Gasteiger partial charge in [0.2, 0.25) is 5.91 Å². The topological polar surface area (TPSA) is 66.4 Å². The van der Waals surface area contributed by atoms with Gasteiger partial charge in [-0.2, -0.15) is 0 Å². The average Bonchev–Trinajstić information content (AvgIpc) is 2.08. The minimum absolute atomic E-state index is 0.190. The number of carboxylic acids is 1. The molecule has 0 bridgehead atoms. The molecule has 4 heteroatoms. The Hall–Kier alpha value is -1.32. The molecule has 1 rings (SSSR count). The van der Waals surface area contributed by atoms with Gasteiger partial charge in [0.25, 0.3) is 0 Å². The minimum atomic E-state index is -1.000. The van der Waals surface area contributed by atoms with Crippen molar-refractivity contribution in [3.05, 3.63) is 12.2 Å². The highest BCUT2D eigenvalue weighted by Gasteiger charge is 2.46. The Bertz CT molecular complexity index is 318. The number of carbonyl (C=O) groups excluding carboxylic acids is 1. The zero-order valence-electron chi connectivity index (χ0n) is 9.88. The predicted molar refractivity (Wildman–Crippen MR) is 61.0 cm³/mol. The van der Waals surface area contributed by atoms with Gasteiger partial charge < -0.3 is 10.4 Å². The third kappa shape index (κ3) is 2.62. The predicted octanol–water partition coefficient (Wildman–Crippen LogP) is 1.71. The van der Waals surface area contributed by atoms with Crippen molar-refractivity contribution in [2.24, 2.45) is 5.92 Å². The van der Waals surface area contributed by atoms with Gasteiger partial charge in [0, 0.05) is 5.92 Å². The van der Waals surface area contributed by atoms with Crippen LogP contribution >= 0.6 is 0 Å². The fourth-order valence-corrected chi connectivity index (χ4v) is 1.90. The molecule has 90 valence electrons. The van der Waals surface area contributed by atoms with Crippen LogP contribution in [0.25, 0.3) is 0 Å². The van der Waals surface area contributed by atoms with Gasteiger partial charge >= 0.3 is 5.97 Å². The van der Waals surface area contributed by atoms with Gasteiger partial charge in [0.15, 0.2) is 0 Å². The van der Waals surface area contributed by atoms with E-state index in [4.69, 9.17) is 5.11 Å². The SMILES string of the molecule is C=C(C)CC(C)C(=O)NC1(C(=O)O)CCC1. The van der Waals surface area contributed by atoms with E-state index < -0.39 is 11.5 Å². The van der Waals surface area contributed by atoms with E-state index in [0.29, 0.717) is 19.3 Å². The summed E-state index contributed by atoms with van der Waals surface area (Å²) >= 11 is 0. The molecule has 0 aromatic carbocycles. The molecule has 0 spiro atoms. The molecule has 1 atom stereocenters. The van der Waals surface area contributed by atoms with Crippen LogP contribution in [0.4, 0.5) is 0 Å². The summed E-state index contributed by atoms with van der Waals surface area (Å²) in [6.07, 6.45) is 2.53. The summed E-state index contributed by atoms with van der Waals surface area (Å²) in [6, 6.07) is 0. The van der Waals surface area contributed by atoms with Crippen LogP contribution in [0.3, 0.4) is 0 Å². The molecule has 0 heterocycles. The molecule has 1 aliphatic rings. The third-order valence-electron chi connectivity index (χ3n) is 3.08. The van der Waals surface area contributed by atoms with Crippen molar-refractivity contribution >= 4 is 11.9 Å². The third-order valence-corrected chi connectivity index (χ3v) is 3.08. The average molecular weight is 225 g/mol. The zero-order valence-corrected chi connectivity index (χ0v) is 9.88. The van der Waals surface area contributed by atoms with E-state index in [1.54, 1.807) is 6.92 Å². The molecule has 1 aliphatic carbocycles. The first-order valence-corrected chi connectivity index (χ1v) is 5.57. The first kappa shape index (κ1) is 12.7. The molecule has 1 saturated carbocycles. The van der Waals surface area contributed by atoms with Crippen molar-refractivity contribution in [2.75, 3.05) is 0 Å². The number of hydrogen-bond donors (Lipinski definition) is 2. The molecule has 4 nitrogen and oxygen atoms in total. The quantitative estimate of drug-likeness (QED) is 0.700. The molecule has 0 saturated heterocycles. The van der Waals surface area contributed by atoms with Crippen LogP contribution < -0.4 is 5.32 Å². The van der Waals surface area contributed by atoms with Crippen LogP contribution in [0, 0.1) is 5.92 Å². The summed E-state index contributed by atoms with van der Waals surface area (Å²) in [4.78, 5) is 22.8. The van der Waals surface area contributed by atoms with Gasteiger partial charge in [-0.3, -0.25) is 4.79 Å². The lowest BCUT2D eigenvalue weighted by Crippen LogP contribution is -2.60. The second kappa shape index (κ2) is 4.68. The monoisotopic (exact) mass is 225 g/mol. The van der Waals surface area contributed by atoms with Crippen molar-refractivity contribution in [1.82, 2.24) is 5.32 Å². The largest absolute Gasteiger partial charge is 0.480 e. The number of aliphatic carboxylic acids is 1. The second-order valence-corrected chi connectivity index (χ2v) is 4.79. The molecule has 1 unspecified atom stereocenters. The lowest BCUT2D eigenvalue weighted by molar-refractivity contribution is -0.152. The normalized spacial score (nSPS) is 19.4. The van der Waals surface area contributed by atoms with Crippen molar-refractivity contribution < 1.29 is 14.7 Å². The van der Waals surface area contributed by atoms with E-state index in [-0.39, 0.29) is 11.8 Å². The Morgan fingerprint density at radius 1 is 1.50 bits per heavy atom. The van der Waals surface area contributed by atoms with Crippen LogP contribution in [-0.2, 0) is 9.59 Å². The fourth-order valence-electron chi connectivity index (χ4n) is 1.90. The van der Waals surface area contributed by atoms with Crippen molar-refractivity contribution in [1.29, 1.82) is 0 Å². The molecule has 16 heavy (non-hydrogen) atoms. The highest BCUT2D eigenvalue weighted by atomic mass is 16.4. The Labute approximate surface area is 95.7 Å². The van der Waals surface area contributed by atoms with Crippen LogP contribution in [-0.4, -0.2) is 22.5 Å². The summed E-state index contributed by atoms with van der Waals surface area (Å²) in [5.41, 5.74) is -0.0684. The first-order chi connectivity index (χ1) is 7.37. The summed E-state index contributed by atoms with van der Waals surface area (Å²) in [7, 11) is 0.